The summed E-state index contributed by atoms with van der Waals surface area (Å²) in [4.78, 5) is 26.4. The standard InChI is InChI=1S/C32H40O8/c1-23(25-11-5-3-6-12-25)21-29(33)39-27-15-9-17-35-31(27)32(38-20-19-37-31)28(16-10-18-36-32)40-30(34)22-24(2)26-13-7-4-8-14-26/h3-8,11-14,23-24,27-28H,9-10,15-22H2,1-2H3/t23-,24-,27-,28-,31+,32+/m0/s1. The minimum absolute atomic E-state index is 0.0159. The Bertz CT molecular complexity index is 1020. The quantitative estimate of drug-likeness (QED) is 0.410. The minimum Gasteiger partial charge on any atom is -0.456 e. The molecule has 216 valence electrons. The van der Waals surface area contributed by atoms with Gasteiger partial charge >= 0.3 is 11.9 Å². The highest BCUT2D eigenvalue weighted by atomic mass is 16.8. The van der Waals surface area contributed by atoms with E-state index < -0.39 is 23.8 Å². The Morgan fingerprint density at radius 2 is 1.05 bits per heavy atom. The van der Waals surface area contributed by atoms with Gasteiger partial charge in [-0.15, -0.1) is 0 Å². The summed E-state index contributed by atoms with van der Waals surface area (Å²) >= 11 is 0. The van der Waals surface area contributed by atoms with E-state index in [1.165, 1.54) is 0 Å². The monoisotopic (exact) mass is 552 g/mol. The van der Waals surface area contributed by atoms with Crippen LogP contribution in [0.15, 0.2) is 60.7 Å². The molecular weight excluding hydrogens is 512 g/mol. The van der Waals surface area contributed by atoms with Gasteiger partial charge in [0, 0.05) is 0 Å². The summed E-state index contributed by atoms with van der Waals surface area (Å²) in [5.41, 5.74) is 2.13. The SMILES string of the molecule is C[C@@H](CC(=O)O[C@H]1CCCO[C@@]12OCCO[C@@]21OCCC[C@@H]1OC(=O)C[C@H](C)c1ccccc1)c1ccccc1. The van der Waals surface area contributed by atoms with Gasteiger partial charge in [0.25, 0.3) is 11.6 Å². The zero-order chi connectivity index (χ0) is 28.0. The number of hydrogen-bond acceptors (Lipinski definition) is 8. The summed E-state index contributed by atoms with van der Waals surface area (Å²) in [6.07, 6.45) is 1.28. The molecule has 8 nitrogen and oxygen atoms in total. The van der Waals surface area contributed by atoms with Crippen molar-refractivity contribution in [2.24, 2.45) is 0 Å². The fourth-order valence-electron chi connectivity index (χ4n) is 6.04. The van der Waals surface area contributed by atoms with Crippen molar-refractivity contribution >= 4 is 11.9 Å². The number of hydrogen-bond donors (Lipinski definition) is 0. The summed E-state index contributed by atoms with van der Waals surface area (Å²) in [5.74, 6) is -3.80. The van der Waals surface area contributed by atoms with E-state index in [0.717, 1.165) is 11.1 Å². The van der Waals surface area contributed by atoms with Gasteiger partial charge in [-0.1, -0.05) is 74.5 Å². The van der Waals surface area contributed by atoms with Gasteiger partial charge in [-0.05, 0) is 48.6 Å². The van der Waals surface area contributed by atoms with E-state index >= 15 is 0 Å². The Balaban J connectivity index is 1.34. The summed E-state index contributed by atoms with van der Waals surface area (Å²) < 4.78 is 37.5. The van der Waals surface area contributed by atoms with Crippen LogP contribution in [0.4, 0.5) is 0 Å². The molecule has 0 unspecified atom stereocenters. The Morgan fingerprint density at radius 3 is 1.45 bits per heavy atom. The lowest BCUT2D eigenvalue weighted by Crippen LogP contribution is -2.76. The Morgan fingerprint density at radius 1 is 0.675 bits per heavy atom. The van der Waals surface area contributed by atoms with Crippen LogP contribution in [0.25, 0.3) is 0 Å². The van der Waals surface area contributed by atoms with Crippen LogP contribution in [0.3, 0.4) is 0 Å². The number of fused-ring (bicyclic) bond motifs is 1. The molecule has 5 rings (SSSR count). The van der Waals surface area contributed by atoms with Crippen LogP contribution in [0.2, 0.25) is 0 Å². The maximum absolute atomic E-state index is 13.2. The van der Waals surface area contributed by atoms with E-state index in [-0.39, 0.29) is 49.8 Å². The minimum atomic E-state index is -1.54. The fourth-order valence-corrected chi connectivity index (χ4v) is 6.04. The van der Waals surface area contributed by atoms with Crippen molar-refractivity contribution in [3.8, 4) is 0 Å². The molecule has 0 amide bonds. The molecule has 2 aromatic rings. The van der Waals surface area contributed by atoms with E-state index in [4.69, 9.17) is 28.4 Å². The molecule has 8 heteroatoms. The topological polar surface area (TPSA) is 89.5 Å². The largest absolute Gasteiger partial charge is 0.456 e. The van der Waals surface area contributed by atoms with Gasteiger partial charge in [0.15, 0.2) is 12.2 Å². The average molecular weight is 553 g/mol. The molecule has 2 spiro atoms. The van der Waals surface area contributed by atoms with Crippen molar-refractivity contribution in [3.63, 3.8) is 0 Å². The number of carbonyl (C=O) groups is 2. The molecule has 0 saturated carbocycles. The van der Waals surface area contributed by atoms with Gasteiger partial charge < -0.3 is 28.4 Å². The Kier molecular flexibility index (Phi) is 9.20. The zero-order valence-corrected chi connectivity index (χ0v) is 23.4. The predicted molar refractivity (Wildman–Crippen MR) is 146 cm³/mol. The van der Waals surface area contributed by atoms with Crippen LogP contribution in [-0.2, 0) is 38.0 Å². The van der Waals surface area contributed by atoms with Crippen molar-refractivity contribution in [2.45, 2.75) is 88.0 Å². The normalized spacial score (nSPS) is 29.9. The molecule has 2 aromatic carbocycles. The number of ether oxygens (including phenoxy) is 6. The molecular formula is C32H40O8. The van der Waals surface area contributed by atoms with Crippen LogP contribution >= 0.6 is 0 Å². The lowest BCUT2D eigenvalue weighted by molar-refractivity contribution is -0.487. The highest BCUT2D eigenvalue weighted by Gasteiger charge is 2.70. The molecule has 0 bridgehead atoms. The van der Waals surface area contributed by atoms with Gasteiger partial charge in [0.1, 0.15) is 0 Å². The average Bonchev–Trinajstić information content (AvgIpc) is 2.97. The second-order valence-electron chi connectivity index (χ2n) is 11.0. The van der Waals surface area contributed by atoms with Gasteiger partial charge in [0.2, 0.25) is 0 Å². The van der Waals surface area contributed by atoms with Crippen molar-refractivity contribution in [2.75, 3.05) is 26.4 Å². The Labute approximate surface area is 236 Å². The van der Waals surface area contributed by atoms with Gasteiger partial charge in [-0.25, -0.2) is 0 Å². The summed E-state index contributed by atoms with van der Waals surface area (Å²) in [6.45, 7) is 5.25. The second-order valence-corrected chi connectivity index (χ2v) is 11.0. The zero-order valence-electron chi connectivity index (χ0n) is 23.4. The van der Waals surface area contributed by atoms with Crippen molar-refractivity contribution in [3.05, 3.63) is 71.8 Å². The molecule has 0 radical (unpaired) electrons. The summed E-state index contributed by atoms with van der Waals surface area (Å²) in [6, 6.07) is 19.8. The maximum atomic E-state index is 13.2. The molecule has 3 saturated heterocycles. The van der Waals surface area contributed by atoms with E-state index in [1.54, 1.807) is 0 Å². The van der Waals surface area contributed by atoms with E-state index in [0.29, 0.717) is 38.9 Å². The summed E-state index contributed by atoms with van der Waals surface area (Å²) in [5, 5.41) is 0. The van der Waals surface area contributed by atoms with E-state index in [2.05, 4.69) is 0 Å². The maximum Gasteiger partial charge on any atom is 0.306 e. The third kappa shape index (κ3) is 5.96. The number of benzene rings is 2. The first-order valence-corrected chi connectivity index (χ1v) is 14.5. The molecule has 0 N–H and O–H groups in total. The summed E-state index contributed by atoms with van der Waals surface area (Å²) in [7, 11) is 0. The number of carbonyl (C=O) groups excluding carboxylic acids is 2. The molecule has 40 heavy (non-hydrogen) atoms. The predicted octanol–water partition coefficient (Wildman–Crippen LogP) is 5.26. The van der Waals surface area contributed by atoms with Crippen LogP contribution in [0, 0.1) is 0 Å². The van der Waals surface area contributed by atoms with E-state index in [9.17, 15) is 9.59 Å². The van der Waals surface area contributed by atoms with Gasteiger partial charge in [-0.3, -0.25) is 9.59 Å². The third-order valence-corrected chi connectivity index (χ3v) is 8.13. The van der Waals surface area contributed by atoms with Gasteiger partial charge in [0.05, 0.1) is 39.3 Å². The first-order valence-electron chi connectivity index (χ1n) is 14.5. The number of esters is 2. The lowest BCUT2D eigenvalue weighted by atomic mass is 9.85. The second kappa shape index (κ2) is 12.8. The molecule has 0 aromatic heterocycles. The molecule has 3 fully saturated rings. The molecule has 6 atom stereocenters. The van der Waals surface area contributed by atoms with Crippen molar-refractivity contribution in [1.82, 2.24) is 0 Å². The van der Waals surface area contributed by atoms with Crippen molar-refractivity contribution in [1.29, 1.82) is 0 Å². The fraction of sp³-hybridized carbons (Fsp3) is 0.562. The highest BCUT2D eigenvalue weighted by Crippen LogP contribution is 2.49. The van der Waals surface area contributed by atoms with Crippen LogP contribution in [-0.4, -0.2) is 62.1 Å². The Hall–Kier alpha value is -2.78. The molecule has 3 aliphatic rings. The van der Waals surface area contributed by atoms with E-state index in [1.807, 2.05) is 74.5 Å². The smallest absolute Gasteiger partial charge is 0.306 e. The molecule has 3 aliphatic heterocycles. The van der Waals surface area contributed by atoms with Crippen LogP contribution < -0.4 is 0 Å². The third-order valence-electron chi connectivity index (χ3n) is 8.13. The first-order chi connectivity index (χ1) is 19.4. The van der Waals surface area contributed by atoms with Gasteiger partial charge in [-0.2, -0.15) is 0 Å². The van der Waals surface area contributed by atoms with Crippen molar-refractivity contribution < 1.29 is 38.0 Å². The molecule has 3 heterocycles. The van der Waals surface area contributed by atoms with Crippen LogP contribution in [0.1, 0.15) is 75.3 Å². The first kappa shape index (κ1) is 28.7. The number of rotatable bonds is 8. The highest BCUT2D eigenvalue weighted by molar-refractivity contribution is 5.71. The molecule has 0 aliphatic carbocycles. The van der Waals surface area contributed by atoms with Crippen LogP contribution in [0.5, 0.6) is 0 Å². The lowest BCUT2D eigenvalue weighted by Gasteiger charge is -2.57.